The Morgan fingerprint density at radius 1 is 0.400 bits per heavy atom. The van der Waals surface area contributed by atoms with E-state index in [0.29, 0.717) is 59.0 Å². The van der Waals surface area contributed by atoms with E-state index in [9.17, 15) is 9.59 Å². The van der Waals surface area contributed by atoms with Crippen LogP contribution >= 0.6 is 11.8 Å². The average Bonchev–Trinajstić information content (AvgIpc) is 3.50. The Morgan fingerprint density at radius 3 is 1.20 bits per heavy atom. The first-order valence-corrected chi connectivity index (χ1v) is 29.8. The molecule has 0 saturated carbocycles. The molecular formula is C56H101NO22S. The fourth-order valence-electron chi connectivity index (χ4n) is 11.5. The SMILES string of the molecule is CC[C@H]1O[C@H](OC)[C@H](C)[C@@H](C)[C@@H]1O[C@@H]1O[C@@H](C)[C@@H](O[C@H]2O[C@H](CC)[C@@H](O[C@@H]3O[C@H](C)[C@@H](O[C@H]4O[C@H](CC)[C@@H](OCCOCCOCCOCCNC(=O)CSC(C)=O)[C@H](OC)[C@H]4OC)[C@H](OC)[C@H]3OC)[C@H](C)[C@H]2C)[C@H](OC)[C@H]1OC. The van der Waals surface area contributed by atoms with Crippen molar-refractivity contribution in [3.05, 3.63) is 0 Å². The minimum absolute atomic E-state index is 0.0652. The van der Waals surface area contributed by atoms with E-state index < -0.39 is 105 Å². The quantitative estimate of drug-likeness (QED) is 0.0890. The van der Waals surface area contributed by atoms with Gasteiger partial charge in [-0.05, 0) is 44.9 Å². The maximum atomic E-state index is 11.7. The first-order valence-electron chi connectivity index (χ1n) is 28.8. The number of ether oxygens (including phenoxy) is 20. The van der Waals surface area contributed by atoms with Gasteiger partial charge in [0.1, 0.15) is 54.9 Å². The molecule has 0 aromatic rings. The molecule has 0 bridgehead atoms. The Kier molecular flexibility index (Phi) is 30.7. The highest BCUT2D eigenvalue weighted by atomic mass is 32.2. The zero-order chi connectivity index (χ0) is 58.6. The molecule has 0 aliphatic carbocycles. The largest absolute Gasteiger partial charge is 0.377 e. The summed E-state index contributed by atoms with van der Waals surface area (Å²) < 4.78 is 126. The van der Waals surface area contributed by atoms with E-state index in [1.54, 1.807) is 49.8 Å². The van der Waals surface area contributed by atoms with E-state index >= 15 is 0 Å². The fraction of sp³-hybridized carbons (Fsp3) is 0.964. The van der Waals surface area contributed by atoms with E-state index in [1.165, 1.54) is 6.92 Å². The van der Waals surface area contributed by atoms with Crippen LogP contribution in [0.2, 0.25) is 0 Å². The van der Waals surface area contributed by atoms with E-state index in [-0.39, 0.29) is 71.7 Å². The van der Waals surface area contributed by atoms with E-state index in [1.807, 2.05) is 20.8 Å². The van der Waals surface area contributed by atoms with E-state index in [0.717, 1.165) is 18.2 Å². The zero-order valence-electron chi connectivity index (χ0n) is 50.8. The highest BCUT2D eigenvalue weighted by Crippen LogP contribution is 2.42. The van der Waals surface area contributed by atoms with Crippen molar-refractivity contribution in [2.75, 3.05) is 108 Å². The standard InChI is InChI=1S/C56H101NO22S/c1-18-37-41(30(4)32(6)52(66-17)73-37)76-54-49(63-14)46(60-11)43(34(8)71-54)78-53-33(7)31(5)42(38(19-2)74-53)77-55-50(64-15)47(61-12)44(35(9)72-55)79-56-51(65-16)48(62-13)45(39(20-3)75-56)70-28-27-69-26-25-68-24-23-67-22-21-57-40(59)29-80-36(10)58/h30-35,37-39,41-56H,18-29H2,1-17H3,(H,57,59)/t30-,31-,32-,33-,34+,35-,37-,38-,39-,41+,42+,43-,44-,45-,46+,47+,48+,49-,50-,51-,52+,53-,54+,55+,56-/m1/s1. The number of carbonyl (C=O) groups is 2. The third-order valence-corrected chi connectivity index (χ3v) is 17.3. The number of hydrogen-bond acceptors (Lipinski definition) is 23. The summed E-state index contributed by atoms with van der Waals surface area (Å²) in [5.74, 6) is -0.0895. The number of nitrogens with one attached hydrogen (secondary N) is 1. The molecule has 23 nitrogen and oxygen atoms in total. The van der Waals surface area contributed by atoms with Gasteiger partial charge in [0, 0.05) is 75.1 Å². The predicted molar refractivity (Wildman–Crippen MR) is 292 cm³/mol. The number of amides is 1. The van der Waals surface area contributed by atoms with Gasteiger partial charge in [-0.1, -0.05) is 60.2 Å². The van der Waals surface area contributed by atoms with E-state index in [2.05, 4.69) is 46.9 Å². The summed E-state index contributed by atoms with van der Waals surface area (Å²) in [6, 6.07) is 0. The minimum Gasteiger partial charge on any atom is -0.377 e. The van der Waals surface area contributed by atoms with Crippen molar-refractivity contribution in [3.63, 3.8) is 0 Å². The molecule has 80 heavy (non-hydrogen) atoms. The predicted octanol–water partition coefficient (Wildman–Crippen LogP) is 4.53. The fourth-order valence-corrected chi connectivity index (χ4v) is 12.0. The molecule has 25 atom stereocenters. The van der Waals surface area contributed by atoms with Crippen LogP contribution in [0.15, 0.2) is 0 Å². The molecule has 0 spiro atoms. The topological polar surface area (TPSA) is 231 Å². The molecule has 5 saturated heterocycles. The summed E-state index contributed by atoms with van der Waals surface area (Å²) in [6.07, 6.45) is -9.58. The summed E-state index contributed by atoms with van der Waals surface area (Å²) in [4.78, 5) is 22.7. The molecule has 468 valence electrons. The summed E-state index contributed by atoms with van der Waals surface area (Å²) in [6.45, 7) is 22.8. The van der Waals surface area contributed by atoms with Crippen LogP contribution in [0.3, 0.4) is 0 Å². The molecular weight excluding hydrogens is 1070 g/mol. The van der Waals surface area contributed by atoms with Crippen LogP contribution in [0, 0.1) is 23.7 Å². The molecule has 5 fully saturated rings. The number of methoxy groups -OCH3 is 7. The molecule has 1 N–H and O–H groups in total. The maximum Gasteiger partial charge on any atom is 0.230 e. The van der Waals surface area contributed by atoms with Crippen LogP contribution in [0.5, 0.6) is 0 Å². The highest BCUT2D eigenvalue weighted by molar-refractivity contribution is 8.14. The molecule has 5 aliphatic rings. The lowest BCUT2D eigenvalue weighted by Gasteiger charge is -2.52. The van der Waals surface area contributed by atoms with Crippen LogP contribution in [0.1, 0.15) is 88.5 Å². The molecule has 0 aromatic carbocycles. The molecule has 0 aromatic heterocycles. The first-order chi connectivity index (χ1) is 38.5. The van der Waals surface area contributed by atoms with Gasteiger partial charge >= 0.3 is 0 Å². The summed E-state index contributed by atoms with van der Waals surface area (Å²) in [5.41, 5.74) is 0. The van der Waals surface area contributed by atoms with Crippen molar-refractivity contribution in [3.8, 4) is 0 Å². The van der Waals surface area contributed by atoms with Gasteiger partial charge in [0.05, 0.1) is 94.7 Å². The van der Waals surface area contributed by atoms with Crippen molar-refractivity contribution in [2.24, 2.45) is 23.7 Å². The van der Waals surface area contributed by atoms with Crippen molar-refractivity contribution in [1.82, 2.24) is 5.32 Å². The Balaban J connectivity index is 1.13. The minimum atomic E-state index is -0.885. The third kappa shape index (κ3) is 18.1. The first kappa shape index (κ1) is 69.5. The maximum absolute atomic E-state index is 11.7. The van der Waals surface area contributed by atoms with Gasteiger partial charge in [-0.15, -0.1) is 0 Å². The second kappa shape index (κ2) is 35.4. The van der Waals surface area contributed by atoms with Crippen LogP contribution in [-0.2, 0) is 104 Å². The normalized spacial score (nSPS) is 40.7. The van der Waals surface area contributed by atoms with E-state index in [4.69, 9.17) is 94.7 Å². The highest BCUT2D eigenvalue weighted by Gasteiger charge is 2.56. The molecule has 0 radical (unpaired) electrons. The smallest absolute Gasteiger partial charge is 0.230 e. The molecule has 1 amide bonds. The summed E-state index contributed by atoms with van der Waals surface area (Å²) in [7, 11) is 11.4. The second-order valence-corrected chi connectivity index (χ2v) is 22.5. The molecule has 24 heteroatoms. The lowest BCUT2D eigenvalue weighted by molar-refractivity contribution is -0.383. The van der Waals surface area contributed by atoms with Crippen molar-refractivity contribution < 1.29 is 104 Å². The molecule has 5 heterocycles. The Labute approximate surface area is 480 Å². The third-order valence-electron chi connectivity index (χ3n) is 16.4. The Morgan fingerprint density at radius 2 is 0.762 bits per heavy atom. The van der Waals surface area contributed by atoms with Gasteiger partial charge in [0.25, 0.3) is 0 Å². The lowest BCUT2D eigenvalue weighted by atomic mass is 9.83. The van der Waals surface area contributed by atoms with Gasteiger partial charge in [-0.25, -0.2) is 0 Å². The summed E-state index contributed by atoms with van der Waals surface area (Å²) in [5, 5.41) is 2.61. The van der Waals surface area contributed by atoms with Crippen LogP contribution in [0.4, 0.5) is 0 Å². The Bertz CT molecular complexity index is 1740. The number of carbonyl (C=O) groups excluding carboxylic acids is 2. The zero-order valence-corrected chi connectivity index (χ0v) is 51.6. The second-order valence-electron chi connectivity index (χ2n) is 21.4. The van der Waals surface area contributed by atoms with Gasteiger partial charge < -0.3 is 100 Å². The molecule has 0 unspecified atom stereocenters. The monoisotopic (exact) mass is 1170 g/mol. The van der Waals surface area contributed by atoms with Gasteiger partial charge in [-0.3, -0.25) is 9.59 Å². The van der Waals surface area contributed by atoms with Crippen molar-refractivity contribution >= 4 is 22.8 Å². The van der Waals surface area contributed by atoms with Crippen LogP contribution < -0.4 is 5.32 Å². The van der Waals surface area contributed by atoms with Crippen LogP contribution in [0.25, 0.3) is 0 Å². The average molecular weight is 1170 g/mol. The Hall–Kier alpha value is -1.31. The van der Waals surface area contributed by atoms with Crippen LogP contribution in [-0.4, -0.2) is 248 Å². The number of thioether (sulfide) groups is 1. The van der Waals surface area contributed by atoms with Gasteiger partial charge in [0.2, 0.25) is 5.91 Å². The molecule has 5 rings (SSSR count). The number of hydrogen-bond donors (Lipinski definition) is 1. The lowest BCUT2D eigenvalue weighted by Crippen LogP contribution is -2.65. The number of rotatable bonds is 33. The van der Waals surface area contributed by atoms with Crippen molar-refractivity contribution in [2.45, 2.75) is 218 Å². The van der Waals surface area contributed by atoms with Gasteiger partial charge in [0.15, 0.2) is 36.6 Å². The molecule has 5 aliphatic heterocycles. The van der Waals surface area contributed by atoms with Gasteiger partial charge in [-0.2, -0.15) is 0 Å². The summed E-state index contributed by atoms with van der Waals surface area (Å²) >= 11 is 0.971. The van der Waals surface area contributed by atoms with Crippen molar-refractivity contribution in [1.29, 1.82) is 0 Å².